The molecule has 0 saturated heterocycles. The zero-order chi connectivity index (χ0) is 4.28. The van der Waals surface area contributed by atoms with Crippen LogP contribution in [0.3, 0.4) is 0 Å². The van der Waals surface area contributed by atoms with Crippen molar-refractivity contribution >= 4 is 50.8 Å². The van der Waals surface area contributed by atoms with Crippen LogP contribution in [0.25, 0.3) is 0 Å². The van der Waals surface area contributed by atoms with E-state index < -0.39 is 0 Å². The Hall–Kier alpha value is 1.42. The highest BCUT2D eigenvalue weighted by molar-refractivity contribution is 14.1. The van der Waals surface area contributed by atoms with E-state index in [-0.39, 0.29) is 0 Å². The minimum atomic E-state index is 1.15. The third kappa shape index (κ3) is 5.42. The van der Waals surface area contributed by atoms with Gasteiger partial charge >= 0.3 is 0 Å². The fourth-order valence-corrected chi connectivity index (χ4v) is 0. The van der Waals surface area contributed by atoms with E-state index in [0.717, 1.165) is 3.55 Å². The van der Waals surface area contributed by atoms with Crippen LogP contribution < -0.4 is 3.64 Å². The molecule has 0 aliphatic carbocycles. The van der Waals surface area contributed by atoms with Crippen molar-refractivity contribution in [3.63, 3.8) is 0 Å². The molecule has 0 aromatic rings. The third-order valence-electron chi connectivity index (χ3n) is 0.0639. The number of nitrogens with zero attached hydrogens (tertiary/aromatic N) is 1. The van der Waals surface area contributed by atoms with E-state index in [1.165, 1.54) is 0 Å². The molecule has 1 N–H and O–H groups in total. The van der Waals surface area contributed by atoms with Gasteiger partial charge in [0, 0.05) is 50.8 Å². The Bertz CT molecular complexity index is 23.6. The molecule has 0 saturated carbocycles. The molecule has 5 heteroatoms. The first-order chi connectivity index (χ1) is 2.27. The fraction of sp³-hybridized carbons (Fsp3) is 0. The molecular formula is HBrClIN2. The zero-order valence-corrected chi connectivity index (χ0v) is 6.58. The van der Waals surface area contributed by atoms with Crippen molar-refractivity contribution in [1.29, 1.82) is 0 Å². The first-order valence-corrected chi connectivity index (χ1v) is 2.88. The summed E-state index contributed by atoms with van der Waals surface area (Å²) in [5.41, 5.74) is 0. The molecule has 0 radical (unpaired) electrons. The summed E-state index contributed by atoms with van der Waals surface area (Å²) >= 11 is 9.82. The number of hydrazine groups is 1. The average Bonchev–Trinajstić information content (AvgIpc) is 1.38. The Morgan fingerprint density at radius 3 is 2.20 bits per heavy atom. The number of hydrogen-bond acceptors (Lipinski definition) is 2. The van der Waals surface area contributed by atoms with Gasteiger partial charge in [-0.3, -0.25) is 0 Å². The normalized spacial score (nSPS) is 9.60. The Morgan fingerprint density at radius 1 is 2.00 bits per heavy atom. The summed E-state index contributed by atoms with van der Waals surface area (Å²) in [4.78, 5) is 0. The quantitative estimate of drug-likeness (QED) is 0.443. The van der Waals surface area contributed by atoms with Gasteiger partial charge in [-0.2, -0.15) is 3.64 Å². The van der Waals surface area contributed by atoms with Crippen molar-refractivity contribution < 1.29 is 0 Å². The van der Waals surface area contributed by atoms with Gasteiger partial charge in [-0.1, -0.05) is 3.55 Å². The number of halogens is 3. The van der Waals surface area contributed by atoms with Gasteiger partial charge in [-0.15, -0.1) is 0 Å². The van der Waals surface area contributed by atoms with Crippen LogP contribution in [0.1, 0.15) is 0 Å². The van der Waals surface area contributed by atoms with Gasteiger partial charge in [-0.25, -0.2) is 0 Å². The van der Waals surface area contributed by atoms with E-state index in [0.29, 0.717) is 0 Å². The van der Waals surface area contributed by atoms with E-state index in [1.54, 1.807) is 0 Å². The summed E-state index contributed by atoms with van der Waals surface area (Å²) in [6.07, 6.45) is 0. The van der Waals surface area contributed by atoms with Crippen LogP contribution in [0.4, 0.5) is 0 Å². The molecule has 0 spiro atoms. The number of rotatable bonds is 1. The SMILES string of the molecule is ClN(Br)NI. The molecule has 32 valence electrons. The van der Waals surface area contributed by atoms with Gasteiger partial charge < -0.3 is 0 Å². The highest BCUT2D eigenvalue weighted by Crippen LogP contribution is 1.96. The first-order valence-electron chi connectivity index (χ1n) is 0.751. The van der Waals surface area contributed by atoms with Crippen molar-refractivity contribution in [2.75, 3.05) is 0 Å². The van der Waals surface area contributed by atoms with Crippen molar-refractivity contribution in [3.8, 4) is 0 Å². The van der Waals surface area contributed by atoms with Crippen molar-refractivity contribution in [2.45, 2.75) is 0 Å². The number of nitrogens with one attached hydrogen (secondary N) is 1. The highest BCUT2D eigenvalue weighted by Gasteiger charge is 1.79. The minimum Gasteiger partial charge on any atom is -0.170 e. The zero-order valence-electron chi connectivity index (χ0n) is 2.08. The molecule has 2 nitrogen and oxygen atoms in total. The van der Waals surface area contributed by atoms with E-state index >= 15 is 0 Å². The van der Waals surface area contributed by atoms with Crippen LogP contribution in [0.5, 0.6) is 0 Å². The van der Waals surface area contributed by atoms with Gasteiger partial charge in [0.15, 0.2) is 0 Å². The average molecular weight is 271 g/mol. The fourth-order valence-electron chi connectivity index (χ4n) is 0. The largest absolute Gasteiger partial charge is 0.170 e. The molecule has 0 aliphatic heterocycles. The van der Waals surface area contributed by atoms with E-state index in [9.17, 15) is 0 Å². The van der Waals surface area contributed by atoms with Crippen LogP contribution in [-0.2, 0) is 0 Å². The van der Waals surface area contributed by atoms with E-state index in [4.69, 9.17) is 11.8 Å². The Balaban J connectivity index is 2.54. The summed E-state index contributed by atoms with van der Waals surface area (Å²) < 4.78 is 3.66. The van der Waals surface area contributed by atoms with Crippen LogP contribution in [0, 0.1) is 0 Å². The predicted molar refractivity (Wildman–Crippen MR) is 33.8 cm³/mol. The maximum absolute atomic E-state index is 5.09. The molecule has 0 rings (SSSR count). The molecule has 0 aliphatic rings. The highest BCUT2D eigenvalue weighted by atomic mass is 127. The van der Waals surface area contributed by atoms with E-state index in [1.807, 2.05) is 22.9 Å². The molecule has 0 aromatic carbocycles. The summed E-state index contributed by atoms with van der Waals surface area (Å²) in [6, 6.07) is 0. The summed E-state index contributed by atoms with van der Waals surface area (Å²) in [7, 11) is 0. The van der Waals surface area contributed by atoms with Crippen molar-refractivity contribution in [2.24, 2.45) is 0 Å². The lowest BCUT2D eigenvalue weighted by molar-refractivity contribution is 0.768. The smallest absolute Gasteiger partial charge is 0.0487 e. The predicted octanol–water partition coefficient (Wildman–Crippen LogP) is 1.61. The summed E-state index contributed by atoms with van der Waals surface area (Å²) in [6.45, 7) is 0. The molecule has 0 amide bonds. The molecule has 5 heavy (non-hydrogen) atoms. The van der Waals surface area contributed by atoms with Crippen LogP contribution in [-0.4, -0.2) is 3.55 Å². The maximum atomic E-state index is 5.09. The molecule has 0 fully saturated rings. The van der Waals surface area contributed by atoms with Gasteiger partial charge in [0.1, 0.15) is 0 Å². The molecule has 0 bridgehead atoms. The van der Waals surface area contributed by atoms with Crippen LogP contribution >= 0.6 is 50.8 Å². The van der Waals surface area contributed by atoms with Gasteiger partial charge in [0.2, 0.25) is 0 Å². The van der Waals surface area contributed by atoms with Gasteiger partial charge in [-0.05, 0) is 0 Å². The van der Waals surface area contributed by atoms with E-state index in [2.05, 4.69) is 19.8 Å². The Labute approximate surface area is 57.8 Å². The molecular weight excluding hydrogens is 270 g/mol. The monoisotopic (exact) mass is 270 g/mol. The van der Waals surface area contributed by atoms with Gasteiger partial charge in [0.25, 0.3) is 0 Å². The maximum Gasteiger partial charge on any atom is 0.0487 e. The topological polar surface area (TPSA) is 15.3 Å². The molecule has 0 heterocycles. The lowest BCUT2D eigenvalue weighted by atomic mass is 13.0. The lowest BCUT2D eigenvalue weighted by Gasteiger charge is -1.92. The first kappa shape index (κ1) is 6.42. The van der Waals surface area contributed by atoms with Crippen LogP contribution in [0.2, 0.25) is 0 Å². The number of hydrogen-bond donors (Lipinski definition) is 1. The summed E-state index contributed by atoms with van der Waals surface area (Å²) in [5.74, 6) is 0. The second-order valence-corrected chi connectivity index (χ2v) is 2.26. The van der Waals surface area contributed by atoms with Crippen molar-refractivity contribution in [3.05, 3.63) is 0 Å². The second-order valence-electron chi connectivity index (χ2n) is 0.317. The molecule has 0 aromatic heterocycles. The van der Waals surface area contributed by atoms with Crippen LogP contribution in [0.15, 0.2) is 0 Å². The minimum absolute atomic E-state index is 1.15. The lowest BCUT2D eigenvalue weighted by Crippen LogP contribution is -2.04. The van der Waals surface area contributed by atoms with Crippen molar-refractivity contribution in [1.82, 2.24) is 7.19 Å². The Morgan fingerprint density at radius 2 is 2.20 bits per heavy atom. The molecule has 0 atom stereocenters. The summed E-state index contributed by atoms with van der Waals surface area (Å²) in [5, 5.41) is 0. The molecule has 0 unspecified atom stereocenters. The third-order valence-corrected chi connectivity index (χ3v) is 1.76. The van der Waals surface area contributed by atoms with Gasteiger partial charge in [0.05, 0.1) is 0 Å². The Kier molecular flexibility index (Phi) is 4.63. The second kappa shape index (κ2) is 3.60. The standard InChI is InChI=1S/BrClHIN2/c1-5(2)4-3/h4H.